The number of nitrogens with two attached hydrogens (primary N) is 1. The first-order valence-corrected chi connectivity index (χ1v) is 7.28. The van der Waals surface area contributed by atoms with Crippen molar-refractivity contribution in [1.29, 1.82) is 0 Å². The summed E-state index contributed by atoms with van der Waals surface area (Å²) < 4.78 is 5.32. The zero-order chi connectivity index (χ0) is 14.9. The van der Waals surface area contributed by atoms with Gasteiger partial charge in [-0.2, -0.15) is 0 Å². The quantitative estimate of drug-likeness (QED) is 0.618. The van der Waals surface area contributed by atoms with Crippen LogP contribution in [-0.4, -0.2) is 61.7 Å². The van der Waals surface area contributed by atoms with Crippen molar-refractivity contribution >= 4 is 17.4 Å². The molecule has 4 N–H and O–H groups in total. The lowest BCUT2D eigenvalue weighted by molar-refractivity contribution is -0.114. The lowest BCUT2D eigenvalue weighted by atomic mass is 10.3. The zero-order valence-electron chi connectivity index (χ0n) is 12.2. The number of hydrogen-bond acceptors (Lipinski definition) is 6. The Labute approximate surface area is 124 Å². The number of nitrogens with zero attached hydrogens (tertiary/aromatic N) is 2. The highest BCUT2D eigenvalue weighted by Gasteiger charge is 2.09. The van der Waals surface area contributed by atoms with Crippen LogP contribution in [0.25, 0.3) is 0 Å². The second kappa shape index (κ2) is 8.56. The summed E-state index contributed by atoms with van der Waals surface area (Å²) in [5.41, 5.74) is 6.18. The van der Waals surface area contributed by atoms with E-state index in [-0.39, 0.29) is 12.5 Å². The number of nitrogens with one attached hydrogen (secondary N) is 2. The predicted molar refractivity (Wildman–Crippen MR) is 82.3 cm³/mol. The van der Waals surface area contributed by atoms with Gasteiger partial charge in [0, 0.05) is 19.6 Å². The SMILES string of the molecule is NCC(=O)Nc1ccc(NCCCN2CCOCC2)cn1. The Hall–Kier alpha value is -1.70. The topological polar surface area (TPSA) is 92.5 Å². The molecule has 1 amide bonds. The van der Waals surface area contributed by atoms with Crippen molar-refractivity contribution in [3.05, 3.63) is 18.3 Å². The van der Waals surface area contributed by atoms with Gasteiger partial charge in [0.2, 0.25) is 5.91 Å². The molecule has 0 atom stereocenters. The van der Waals surface area contributed by atoms with Crippen LogP contribution in [0.4, 0.5) is 11.5 Å². The van der Waals surface area contributed by atoms with E-state index in [1.54, 1.807) is 12.3 Å². The molecule has 2 heterocycles. The minimum Gasteiger partial charge on any atom is -0.384 e. The minimum atomic E-state index is -0.242. The Bertz CT molecular complexity index is 431. The number of pyridine rings is 1. The summed E-state index contributed by atoms with van der Waals surface area (Å²) in [4.78, 5) is 17.7. The molecule has 0 spiro atoms. The molecule has 0 radical (unpaired) electrons. The maximum absolute atomic E-state index is 11.1. The number of carbonyl (C=O) groups excluding carboxylic acids is 1. The molecule has 0 bridgehead atoms. The highest BCUT2D eigenvalue weighted by Crippen LogP contribution is 2.09. The molecular weight excluding hydrogens is 270 g/mol. The number of ether oxygens (including phenoxy) is 1. The number of amides is 1. The summed E-state index contributed by atoms with van der Waals surface area (Å²) in [6, 6.07) is 3.66. The average Bonchev–Trinajstić information content (AvgIpc) is 2.54. The first-order valence-electron chi connectivity index (χ1n) is 7.28. The number of anilines is 2. The second-order valence-corrected chi connectivity index (χ2v) is 4.92. The minimum absolute atomic E-state index is 0.0385. The van der Waals surface area contributed by atoms with Crippen LogP contribution in [0.1, 0.15) is 6.42 Å². The van der Waals surface area contributed by atoms with Gasteiger partial charge in [-0.3, -0.25) is 9.69 Å². The Morgan fingerprint density at radius 1 is 1.38 bits per heavy atom. The van der Waals surface area contributed by atoms with Crippen molar-refractivity contribution in [1.82, 2.24) is 9.88 Å². The Morgan fingerprint density at radius 2 is 2.19 bits per heavy atom. The summed E-state index contributed by atoms with van der Waals surface area (Å²) in [5.74, 6) is 0.276. The Morgan fingerprint density at radius 3 is 2.86 bits per heavy atom. The van der Waals surface area contributed by atoms with Gasteiger partial charge in [0.1, 0.15) is 5.82 Å². The molecule has 21 heavy (non-hydrogen) atoms. The van der Waals surface area contributed by atoms with Gasteiger partial charge in [0.15, 0.2) is 0 Å². The number of carbonyl (C=O) groups is 1. The molecule has 1 aromatic heterocycles. The summed E-state index contributed by atoms with van der Waals surface area (Å²) in [5, 5.41) is 5.93. The second-order valence-electron chi connectivity index (χ2n) is 4.92. The first kappa shape index (κ1) is 15.7. The fourth-order valence-electron chi connectivity index (χ4n) is 2.13. The fourth-order valence-corrected chi connectivity index (χ4v) is 2.13. The molecular formula is C14H23N5O2. The van der Waals surface area contributed by atoms with Gasteiger partial charge in [-0.25, -0.2) is 4.98 Å². The molecule has 1 aliphatic rings. The molecule has 0 unspecified atom stereocenters. The number of hydrogen-bond donors (Lipinski definition) is 3. The van der Waals surface area contributed by atoms with Crippen molar-refractivity contribution in [2.75, 3.05) is 56.6 Å². The molecule has 0 saturated carbocycles. The van der Waals surface area contributed by atoms with E-state index in [9.17, 15) is 4.79 Å². The molecule has 1 fully saturated rings. The fraction of sp³-hybridized carbons (Fsp3) is 0.571. The zero-order valence-corrected chi connectivity index (χ0v) is 12.2. The monoisotopic (exact) mass is 293 g/mol. The van der Waals surface area contributed by atoms with Crippen LogP contribution in [0.2, 0.25) is 0 Å². The van der Waals surface area contributed by atoms with Gasteiger partial charge in [0.05, 0.1) is 31.6 Å². The third-order valence-corrected chi connectivity index (χ3v) is 3.30. The molecule has 0 aromatic carbocycles. The van der Waals surface area contributed by atoms with Gasteiger partial charge in [-0.15, -0.1) is 0 Å². The van der Waals surface area contributed by atoms with Crippen molar-refractivity contribution < 1.29 is 9.53 Å². The molecule has 116 valence electrons. The van der Waals surface area contributed by atoms with Crippen molar-refractivity contribution in [3.8, 4) is 0 Å². The van der Waals surface area contributed by atoms with Crippen LogP contribution in [0.3, 0.4) is 0 Å². The van der Waals surface area contributed by atoms with Crippen molar-refractivity contribution in [3.63, 3.8) is 0 Å². The van der Waals surface area contributed by atoms with E-state index >= 15 is 0 Å². The predicted octanol–water partition coefficient (Wildman–Crippen LogP) is 0.113. The van der Waals surface area contributed by atoms with Crippen molar-refractivity contribution in [2.24, 2.45) is 5.73 Å². The van der Waals surface area contributed by atoms with Crippen LogP contribution < -0.4 is 16.4 Å². The van der Waals surface area contributed by atoms with Gasteiger partial charge >= 0.3 is 0 Å². The number of rotatable bonds is 7. The maximum atomic E-state index is 11.1. The van der Waals surface area contributed by atoms with E-state index in [1.807, 2.05) is 6.07 Å². The van der Waals surface area contributed by atoms with Gasteiger partial charge in [-0.05, 0) is 25.1 Å². The van der Waals surface area contributed by atoms with Gasteiger partial charge in [0.25, 0.3) is 0 Å². The molecule has 2 rings (SSSR count). The van der Waals surface area contributed by atoms with E-state index < -0.39 is 0 Å². The van der Waals surface area contributed by atoms with Crippen LogP contribution in [0, 0.1) is 0 Å². The van der Waals surface area contributed by atoms with E-state index in [0.29, 0.717) is 5.82 Å². The van der Waals surface area contributed by atoms with Crippen molar-refractivity contribution in [2.45, 2.75) is 6.42 Å². The van der Waals surface area contributed by atoms with E-state index in [0.717, 1.165) is 51.5 Å². The third-order valence-electron chi connectivity index (χ3n) is 3.30. The molecule has 1 saturated heterocycles. The largest absolute Gasteiger partial charge is 0.384 e. The highest BCUT2D eigenvalue weighted by molar-refractivity contribution is 5.91. The molecule has 7 heteroatoms. The Balaban J connectivity index is 1.65. The first-order chi connectivity index (χ1) is 10.3. The molecule has 1 aromatic rings. The van der Waals surface area contributed by atoms with Gasteiger partial charge in [-0.1, -0.05) is 0 Å². The van der Waals surface area contributed by atoms with Crippen LogP contribution in [-0.2, 0) is 9.53 Å². The van der Waals surface area contributed by atoms with E-state index in [1.165, 1.54) is 0 Å². The van der Waals surface area contributed by atoms with Crippen LogP contribution in [0.15, 0.2) is 18.3 Å². The van der Waals surface area contributed by atoms with Crippen LogP contribution >= 0.6 is 0 Å². The van der Waals surface area contributed by atoms with E-state index in [4.69, 9.17) is 10.5 Å². The third kappa shape index (κ3) is 5.66. The lowest BCUT2D eigenvalue weighted by Crippen LogP contribution is -2.37. The summed E-state index contributed by atoms with van der Waals surface area (Å²) in [7, 11) is 0. The summed E-state index contributed by atoms with van der Waals surface area (Å²) in [6.45, 7) is 5.67. The highest BCUT2D eigenvalue weighted by atomic mass is 16.5. The summed E-state index contributed by atoms with van der Waals surface area (Å²) in [6.07, 6.45) is 2.78. The summed E-state index contributed by atoms with van der Waals surface area (Å²) >= 11 is 0. The molecule has 0 aliphatic carbocycles. The molecule has 7 nitrogen and oxygen atoms in total. The number of morpholine rings is 1. The van der Waals surface area contributed by atoms with Gasteiger partial charge < -0.3 is 21.1 Å². The smallest absolute Gasteiger partial charge is 0.239 e. The van der Waals surface area contributed by atoms with E-state index in [2.05, 4.69) is 20.5 Å². The average molecular weight is 293 g/mol. The standard InChI is InChI=1S/C14H23N5O2/c15-10-14(20)18-13-3-2-12(11-17-13)16-4-1-5-19-6-8-21-9-7-19/h2-3,11,16H,1,4-10,15H2,(H,17,18,20). The Kier molecular flexibility index (Phi) is 6.39. The number of aromatic nitrogens is 1. The van der Waals surface area contributed by atoms with Crippen LogP contribution in [0.5, 0.6) is 0 Å². The maximum Gasteiger partial charge on any atom is 0.239 e. The lowest BCUT2D eigenvalue weighted by Gasteiger charge is -2.26. The molecule has 1 aliphatic heterocycles. The normalized spacial score (nSPS) is 15.7.